The van der Waals surface area contributed by atoms with Gasteiger partial charge in [-0.15, -0.1) is 0 Å². The summed E-state index contributed by atoms with van der Waals surface area (Å²) >= 11 is 3.39. The number of aryl methyl sites for hydroxylation is 1. The zero-order valence-corrected chi connectivity index (χ0v) is 10.7. The Hall–Kier alpha value is -1.28. The second kappa shape index (κ2) is 5.17. The van der Waals surface area contributed by atoms with Crippen molar-refractivity contribution in [1.82, 2.24) is 0 Å². The molecule has 2 rings (SSSR count). The van der Waals surface area contributed by atoms with Crippen LogP contribution in [-0.4, -0.2) is 0 Å². The molecule has 2 aromatic carbocycles. The largest absolute Gasteiger partial charge is 0.457 e. The van der Waals surface area contributed by atoms with E-state index in [1.165, 1.54) is 5.56 Å². The van der Waals surface area contributed by atoms with Gasteiger partial charge in [-0.2, -0.15) is 0 Å². The Morgan fingerprint density at radius 3 is 1.88 bits per heavy atom. The van der Waals surface area contributed by atoms with Crippen LogP contribution < -0.4 is 4.74 Å². The fourth-order valence-electron chi connectivity index (χ4n) is 1.43. The first-order chi connectivity index (χ1) is 7.78. The van der Waals surface area contributed by atoms with Gasteiger partial charge < -0.3 is 4.74 Å². The van der Waals surface area contributed by atoms with E-state index in [9.17, 15) is 0 Å². The van der Waals surface area contributed by atoms with Gasteiger partial charge in [-0.05, 0) is 48.4 Å². The molecule has 0 radical (unpaired) electrons. The summed E-state index contributed by atoms with van der Waals surface area (Å²) in [7, 11) is 0. The predicted molar refractivity (Wildman–Crippen MR) is 70.0 cm³/mol. The molecule has 0 spiro atoms. The Balaban J connectivity index is 2.11. The van der Waals surface area contributed by atoms with Gasteiger partial charge in [0.05, 0.1) is 0 Å². The second-order valence-corrected chi connectivity index (χ2v) is 4.47. The van der Waals surface area contributed by atoms with E-state index >= 15 is 0 Å². The van der Waals surface area contributed by atoms with Crippen molar-refractivity contribution in [3.8, 4) is 11.5 Å². The molecule has 0 aliphatic heterocycles. The maximum Gasteiger partial charge on any atom is 0.127 e. The molecule has 0 bridgehead atoms. The molecule has 82 valence electrons. The molecule has 0 aliphatic carbocycles. The molecule has 0 heterocycles. The van der Waals surface area contributed by atoms with Gasteiger partial charge in [-0.1, -0.05) is 35.0 Å². The Morgan fingerprint density at radius 2 is 1.38 bits per heavy atom. The van der Waals surface area contributed by atoms with Crippen molar-refractivity contribution in [1.29, 1.82) is 0 Å². The number of halogens is 1. The van der Waals surface area contributed by atoms with Gasteiger partial charge in [0.25, 0.3) is 0 Å². The SMILES string of the molecule is CCc1ccc(Oc2ccc(Br)cc2)cc1. The van der Waals surface area contributed by atoms with Crippen molar-refractivity contribution in [3.05, 3.63) is 58.6 Å². The van der Waals surface area contributed by atoms with Crippen LogP contribution in [0, 0.1) is 0 Å². The Kier molecular flexibility index (Phi) is 3.62. The van der Waals surface area contributed by atoms with Crippen LogP contribution in [0.15, 0.2) is 53.0 Å². The van der Waals surface area contributed by atoms with Crippen LogP contribution in [0.1, 0.15) is 12.5 Å². The molecule has 0 fully saturated rings. The summed E-state index contributed by atoms with van der Waals surface area (Å²) in [5.41, 5.74) is 1.32. The number of hydrogen-bond acceptors (Lipinski definition) is 1. The molecular formula is C14H13BrO. The first-order valence-corrected chi connectivity index (χ1v) is 6.09. The van der Waals surface area contributed by atoms with Crippen LogP contribution in [0.2, 0.25) is 0 Å². The van der Waals surface area contributed by atoms with Crippen molar-refractivity contribution in [3.63, 3.8) is 0 Å². The molecule has 0 saturated carbocycles. The maximum absolute atomic E-state index is 5.71. The van der Waals surface area contributed by atoms with Gasteiger partial charge in [0.15, 0.2) is 0 Å². The molecule has 0 saturated heterocycles. The highest BCUT2D eigenvalue weighted by atomic mass is 79.9. The normalized spacial score (nSPS) is 10.1. The van der Waals surface area contributed by atoms with Crippen molar-refractivity contribution in [2.45, 2.75) is 13.3 Å². The molecule has 16 heavy (non-hydrogen) atoms. The van der Waals surface area contributed by atoms with Gasteiger partial charge in [-0.25, -0.2) is 0 Å². The number of rotatable bonds is 3. The van der Waals surface area contributed by atoms with E-state index < -0.39 is 0 Å². The summed E-state index contributed by atoms with van der Waals surface area (Å²) in [6, 6.07) is 16.0. The van der Waals surface area contributed by atoms with Crippen LogP contribution in [0.5, 0.6) is 11.5 Å². The standard InChI is InChI=1S/C14H13BrO/c1-2-11-3-7-13(8-4-11)16-14-9-5-12(15)6-10-14/h3-10H,2H2,1H3. The Morgan fingerprint density at radius 1 is 0.875 bits per heavy atom. The second-order valence-electron chi connectivity index (χ2n) is 3.55. The van der Waals surface area contributed by atoms with Crippen molar-refractivity contribution in [2.75, 3.05) is 0 Å². The average Bonchev–Trinajstić information content (AvgIpc) is 2.33. The fraction of sp³-hybridized carbons (Fsp3) is 0.143. The van der Waals surface area contributed by atoms with Crippen molar-refractivity contribution < 1.29 is 4.74 Å². The van der Waals surface area contributed by atoms with Crippen LogP contribution in [0.25, 0.3) is 0 Å². The van der Waals surface area contributed by atoms with E-state index in [0.717, 1.165) is 22.4 Å². The highest BCUT2D eigenvalue weighted by Gasteiger charge is 1.97. The van der Waals surface area contributed by atoms with Crippen LogP contribution >= 0.6 is 15.9 Å². The third-order valence-electron chi connectivity index (χ3n) is 2.38. The first kappa shape index (κ1) is 11.2. The lowest BCUT2D eigenvalue weighted by molar-refractivity contribution is 0.482. The minimum atomic E-state index is 0.854. The maximum atomic E-state index is 5.71. The molecule has 0 unspecified atom stereocenters. The third-order valence-corrected chi connectivity index (χ3v) is 2.91. The molecule has 1 nitrogen and oxygen atoms in total. The van der Waals surface area contributed by atoms with Crippen molar-refractivity contribution in [2.24, 2.45) is 0 Å². The average molecular weight is 277 g/mol. The lowest BCUT2D eigenvalue weighted by Crippen LogP contribution is -1.85. The lowest BCUT2D eigenvalue weighted by Gasteiger charge is -2.06. The molecule has 0 aromatic heterocycles. The van der Waals surface area contributed by atoms with Gasteiger partial charge in [0, 0.05) is 4.47 Å². The number of ether oxygens (including phenoxy) is 1. The summed E-state index contributed by atoms with van der Waals surface area (Å²) in [6.07, 6.45) is 1.05. The summed E-state index contributed by atoms with van der Waals surface area (Å²) < 4.78 is 6.77. The summed E-state index contributed by atoms with van der Waals surface area (Å²) in [4.78, 5) is 0. The highest BCUT2D eigenvalue weighted by molar-refractivity contribution is 9.10. The molecule has 2 aromatic rings. The van der Waals surface area contributed by atoms with Gasteiger partial charge in [-0.3, -0.25) is 0 Å². The van der Waals surface area contributed by atoms with Crippen LogP contribution in [0.3, 0.4) is 0 Å². The Labute approximate surface area is 104 Å². The zero-order chi connectivity index (χ0) is 11.4. The van der Waals surface area contributed by atoms with E-state index in [0.29, 0.717) is 0 Å². The lowest BCUT2D eigenvalue weighted by atomic mass is 10.2. The van der Waals surface area contributed by atoms with E-state index in [1.54, 1.807) is 0 Å². The Bertz CT molecular complexity index is 445. The summed E-state index contributed by atoms with van der Waals surface area (Å²) in [6.45, 7) is 2.14. The fourth-order valence-corrected chi connectivity index (χ4v) is 1.70. The molecular weight excluding hydrogens is 264 g/mol. The first-order valence-electron chi connectivity index (χ1n) is 5.30. The predicted octanol–water partition coefficient (Wildman–Crippen LogP) is 4.80. The quantitative estimate of drug-likeness (QED) is 0.782. The van der Waals surface area contributed by atoms with Gasteiger partial charge >= 0.3 is 0 Å². The number of hydrogen-bond donors (Lipinski definition) is 0. The molecule has 0 amide bonds. The zero-order valence-electron chi connectivity index (χ0n) is 9.11. The smallest absolute Gasteiger partial charge is 0.127 e. The van der Waals surface area contributed by atoms with Gasteiger partial charge in [0.2, 0.25) is 0 Å². The van der Waals surface area contributed by atoms with E-state index in [1.807, 2.05) is 36.4 Å². The van der Waals surface area contributed by atoms with E-state index in [2.05, 4.69) is 35.0 Å². The molecule has 2 heteroatoms. The van der Waals surface area contributed by atoms with Gasteiger partial charge in [0.1, 0.15) is 11.5 Å². The van der Waals surface area contributed by atoms with Crippen molar-refractivity contribution >= 4 is 15.9 Å². The summed E-state index contributed by atoms with van der Waals surface area (Å²) in [5, 5.41) is 0. The van der Waals surface area contributed by atoms with Crippen LogP contribution in [0.4, 0.5) is 0 Å². The third kappa shape index (κ3) is 2.86. The van der Waals surface area contributed by atoms with E-state index in [-0.39, 0.29) is 0 Å². The summed E-state index contributed by atoms with van der Waals surface area (Å²) in [5.74, 6) is 1.73. The minimum Gasteiger partial charge on any atom is -0.457 e. The number of benzene rings is 2. The minimum absolute atomic E-state index is 0.854. The molecule has 0 aliphatic rings. The monoisotopic (exact) mass is 276 g/mol. The van der Waals surface area contributed by atoms with Crippen LogP contribution in [-0.2, 0) is 6.42 Å². The molecule has 0 N–H and O–H groups in total. The molecule has 0 atom stereocenters. The topological polar surface area (TPSA) is 9.23 Å². The highest BCUT2D eigenvalue weighted by Crippen LogP contribution is 2.23. The van der Waals surface area contributed by atoms with E-state index in [4.69, 9.17) is 4.74 Å².